The highest BCUT2D eigenvalue weighted by Gasteiger charge is 2.02. The number of nitrogens with one attached hydrogen (secondary N) is 2. The Morgan fingerprint density at radius 1 is 0.960 bits per heavy atom. The molecule has 128 valence electrons. The molecule has 0 saturated heterocycles. The summed E-state index contributed by atoms with van der Waals surface area (Å²) in [5.74, 6) is 0.978. The summed E-state index contributed by atoms with van der Waals surface area (Å²) in [4.78, 5) is 10.7. The van der Waals surface area contributed by atoms with Gasteiger partial charge in [-0.05, 0) is 48.0 Å². The number of halogens is 1. The lowest BCUT2D eigenvalue weighted by Crippen LogP contribution is -2.08. The zero-order chi connectivity index (χ0) is 17.6. The van der Waals surface area contributed by atoms with Crippen LogP contribution in [0, 0.1) is 5.82 Å². The average molecular weight is 337 g/mol. The Morgan fingerprint density at radius 2 is 1.68 bits per heavy atom. The minimum atomic E-state index is -0.238. The maximum absolute atomic E-state index is 12.9. The van der Waals surface area contributed by atoms with Crippen molar-refractivity contribution in [2.75, 3.05) is 29.6 Å². The largest absolute Gasteiger partial charge is 0.378 e. The number of nitrogens with zero attached hydrogens (tertiary/aromatic N) is 3. The van der Waals surface area contributed by atoms with E-state index >= 15 is 0 Å². The third-order valence-corrected chi connectivity index (χ3v) is 3.68. The molecule has 0 spiro atoms. The van der Waals surface area contributed by atoms with Crippen molar-refractivity contribution in [3.63, 3.8) is 0 Å². The lowest BCUT2D eigenvalue weighted by atomic mass is 10.2. The molecule has 0 fully saturated rings. The van der Waals surface area contributed by atoms with E-state index in [1.54, 1.807) is 24.4 Å². The highest BCUT2D eigenvalue weighted by atomic mass is 19.1. The third kappa shape index (κ3) is 4.67. The third-order valence-electron chi connectivity index (χ3n) is 3.68. The van der Waals surface area contributed by atoms with Crippen LogP contribution in [0.1, 0.15) is 5.56 Å². The van der Waals surface area contributed by atoms with Crippen LogP contribution in [0.3, 0.4) is 0 Å². The van der Waals surface area contributed by atoms with Crippen LogP contribution in [0.2, 0.25) is 0 Å². The molecule has 0 aliphatic heterocycles. The van der Waals surface area contributed by atoms with Gasteiger partial charge in [-0.15, -0.1) is 0 Å². The van der Waals surface area contributed by atoms with E-state index in [0.29, 0.717) is 18.3 Å². The first-order chi connectivity index (χ1) is 12.1. The molecule has 25 heavy (non-hydrogen) atoms. The molecule has 0 saturated carbocycles. The molecule has 2 aromatic carbocycles. The Labute approximate surface area is 146 Å². The molecule has 1 heterocycles. The van der Waals surface area contributed by atoms with E-state index in [1.165, 1.54) is 12.1 Å². The van der Waals surface area contributed by atoms with Gasteiger partial charge in [0.2, 0.25) is 5.95 Å². The predicted octanol–water partition coefficient (Wildman–Crippen LogP) is 4.04. The van der Waals surface area contributed by atoms with E-state index in [0.717, 1.165) is 16.9 Å². The van der Waals surface area contributed by atoms with Crippen LogP contribution in [-0.2, 0) is 6.54 Å². The molecule has 0 amide bonds. The van der Waals surface area contributed by atoms with E-state index in [9.17, 15) is 4.39 Å². The summed E-state index contributed by atoms with van der Waals surface area (Å²) in [6.07, 6.45) is 1.69. The molecule has 5 nitrogen and oxygen atoms in total. The standard InChI is InChI=1S/C19H20FN5/c1-25(2)17-9-7-16(8-10-17)23-19-21-12-11-18(24-19)22-13-14-3-5-15(20)6-4-14/h3-12H,13H2,1-2H3,(H2,21,22,23,24). The molecule has 0 aliphatic rings. The SMILES string of the molecule is CN(C)c1ccc(Nc2nccc(NCc3ccc(F)cc3)n2)cc1. The van der Waals surface area contributed by atoms with Crippen molar-refractivity contribution in [1.82, 2.24) is 9.97 Å². The Kier molecular flexibility index (Phi) is 5.09. The second-order valence-corrected chi connectivity index (χ2v) is 5.81. The van der Waals surface area contributed by atoms with Crippen molar-refractivity contribution in [2.24, 2.45) is 0 Å². The molecule has 0 radical (unpaired) electrons. The number of anilines is 4. The fourth-order valence-corrected chi connectivity index (χ4v) is 2.28. The molecule has 1 aromatic heterocycles. The molecular weight excluding hydrogens is 317 g/mol. The van der Waals surface area contributed by atoms with Gasteiger partial charge in [-0.25, -0.2) is 9.37 Å². The number of aromatic nitrogens is 2. The number of benzene rings is 2. The first kappa shape index (κ1) is 16.7. The van der Waals surface area contributed by atoms with Crippen molar-refractivity contribution in [1.29, 1.82) is 0 Å². The van der Waals surface area contributed by atoms with Gasteiger partial charge in [-0.2, -0.15) is 4.98 Å². The lowest BCUT2D eigenvalue weighted by Gasteiger charge is -2.13. The van der Waals surface area contributed by atoms with Gasteiger partial charge in [0.25, 0.3) is 0 Å². The zero-order valence-corrected chi connectivity index (χ0v) is 14.2. The Morgan fingerprint density at radius 3 is 2.36 bits per heavy atom. The molecule has 0 aliphatic carbocycles. The van der Waals surface area contributed by atoms with Crippen molar-refractivity contribution >= 4 is 23.1 Å². The molecular formula is C19H20FN5. The second-order valence-electron chi connectivity index (χ2n) is 5.81. The summed E-state index contributed by atoms with van der Waals surface area (Å²) >= 11 is 0. The highest BCUT2D eigenvalue weighted by Crippen LogP contribution is 2.19. The second kappa shape index (κ2) is 7.61. The Bertz CT molecular complexity index is 816. The smallest absolute Gasteiger partial charge is 0.229 e. The monoisotopic (exact) mass is 337 g/mol. The van der Waals surface area contributed by atoms with Gasteiger partial charge < -0.3 is 15.5 Å². The van der Waals surface area contributed by atoms with Crippen molar-refractivity contribution < 1.29 is 4.39 Å². The first-order valence-electron chi connectivity index (χ1n) is 7.96. The fraction of sp³-hybridized carbons (Fsp3) is 0.158. The summed E-state index contributed by atoms with van der Waals surface area (Å²) in [5.41, 5.74) is 3.02. The Hall–Kier alpha value is -3.15. The minimum Gasteiger partial charge on any atom is -0.378 e. The molecule has 0 unspecified atom stereocenters. The molecule has 3 rings (SSSR count). The topological polar surface area (TPSA) is 53.1 Å². The predicted molar refractivity (Wildman–Crippen MR) is 99.8 cm³/mol. The quantitative estimate of drug-likeness (QED) is 0.711. The van der Waals surface area contributed by atoms with Gasteiger partial charge in [0.05, 0.1) is 0 Å². The highest BCUT2D eigenvalue weighted by molar-refractivity contribution is 5.59. The molecule has 0 atom stereocenters. The fourth-order valence-electron chi connectivity index (χ4n) is 2.28. The average Bonchev–Trinajstić information content (AvgIpc) is 2.62. The zero-order valence-electron chi connectivity index (χ0n) is 14.2. The lowest BCUT2D eigenvalue weighted by molar-refractivity contribution is 0.627. The van der Waals surface area contributed by atoms with Gasteiger partial charge in [-0.3, -0.25) is 0 Å². The van der Waals surface area contributed by atoms with E-state index < -0.39 is 0 Å². The maximum Gasteiger partial charge on any atom is 0.229 e. The first-order valence-corrected chi connectivity index (χ1v) is 7.96. The van der Waals surface area contributed by atoms with Crippen LogP contribution in [0.15, 0.2) is 60.8 Å². The molecule has 2 N–H and O–H groups in total. The van der Waals surface area contributed by atoms with Crippen molar-refractivity contribution in [2.45, 2.75) is 6.54 Å². The van der Waals surface area contributed by atoms with Crippen LogP contribution in [0.25, 0.3) is 0 Å². The summed E-state index contributed by atoms with van der Waals surface area (Å²) in [6, 6.07) is 16.2. The van der Waals surface area contributed by atoms with Crippen molar-refractivity contribution in [3.8, 4) is 0 Å². The molecule has 3 aromatic rings. The van der Waals surface area contributed by atoms with Gasteiger partial charge in [-0.1, -0.05) is 12.1 Å². The van der Waals surface area contributed by atoms with Gasteiger partial charge >= 0.3 is 0 Å². The van der Waals surface area contributed by atoms with Crippen LogP contribution in [0.4, 0.5) is 27.5 Å². The summed E-state index contributed by atoms with van der Waals surface area (Å²) in [6.45, 7) is 0.564. The molecule has 0 bridgehead atoms. The van der Waals surface area contributed by atoms with Crippen LogP contribution >= 0.6 is 0 Å². The minimum absolute atomic E-state index is 0.238. The summed E-state index contributed by atoms with van der Waals surface area (Å²) in [7, 11) is 4.00. The van der Waals surface area contributed by atoms with Crippen LogP contribution in [0.5, 0.6) is 0 Å². The van der Waals surface area contributed by atoms with E-state index in [1.807, 2.05) is 43.3 Å². The normalized spacial score (nSPS) is 10.4. The van der Waals surface area contributed by atoms with Gasteiger partial charge in [0, 0.05) is 38.2 Å². The van der Waals surface area contributed by atoms with E-state index in [-0.39, 0.29) is 5.82 Å². The van der Waals surface area contributed by atoms with Gasteiger partial charge in [0.1, 0.15) is 11.6 Å². The van der Waals surface area contributed by atoms with E-state index in [2.05, 4.69) is 20.6 Å². The van der Waals surface area contributed by atoms with Crippen LogP contribution in [-0.4, -0.2) is 24.1 Å². The maximum atomic E-state index is 12.9. The number of rotatable bonds is 6. The van der Waals surface area contributed by atoms with Crippen LogP contribution < -0.4 is 15.5 Å². The Balaban J connectivity index is 1.63. The van der Waals surface area contributed by atoms with E-state index in [4.69, 9.17) is 0 Å². The molecule has 6 heteroatoms. The summed E-state index contributed by atoms with van der Waals surface area (Å²) < 4.78 is 12.9. The summed E-state index contributed by atoms with van der Waals surface area (Å²) in [5, 5.41) is 6.40. The number of hydrogen-bond donors (Lipinski definition) is 2. The van der Waals surface area contributed by atoms with Crippen molar-refractivity contribution in [3.05, 3.63) is 72.2 Å². The van der Waals surface area contributed by atoms with Gasteiger partial charge in [0.15, 0.2) is 0 Å². The number of hydrogen-bond acceptors (Lipinski definition) is 5.